The van der Waals surface area contributed by atoms with Crippen molar-refractivity contribution in [3.8, 4) is 12.3 Å². The van der Waals surface area contributed by atoms with E-state index in [0.29, 0.717) is 12.8 Å². The molecule has 0 atom stereocenters. The minimum Gasteiger partial charge on any atom is -0.216 e. The summed E-state index contributed by atoms with van der Waals surface area (Å²) >= 11 is 0. The summed E-state index contributed by atoms with van der Waals surface area (Å²) in [5, 5.41) is 0. The minimum atomic E-state index is 0.385. The van der Waals surface area contributed by atoms with Crippen LogP contribution in [-0.2, 0) is 0 Å². The highest BCUT2D eigenvalue weighted by atomic mass is 19.1. The quantitative estimate of drug-likeness (QED) is 0.422. The maximum absolute atomic E-state index is 10.9. The Morgan fingerprint density at radius 2 is 2.50 bits per heavy atom. The maximum Gasteiger partial charge on any atom is 0.0836 e. The van der Waals surface area contributed by atoms with Gasteiger partial charge in [0, 0.05) is 6.42 Å². The van der Waals surface area contributed by atoms with Gasteiger partial charge in [-0.25, -0.2) is 4.39 Å². The van der Waals surface area contributed by atoms with Gasteiger partial charge in [0.1, 0.15) is 0 Å². The SMILES string of the molecule is C#CC/C=C/F. The lowest BCUT2D eigenvalue weighted by Crippen LogP contribution is -1.48. The van der Waals surface area contributed by atoms with E-state index >= 15 is 0 Å². The molecule has 0 spiro atoms. The molecule has 0 N–H and O–H groups in total. The summed E-state index contributed by atoms with van der Waals surface area (Å²) in [4.78, 5) is 0. The zero-order chi connectivity index (χ0) is 4.83. The van der Waals surface area contributed by atoms with Gasteiger partial charge in [-0.1, -0.05) is 0 Å². The second kappa shape index (κ2) is 4.23. The molecule has 0 amide bonds. The molecular formula is C5H5F. The van der Waals surface area contributed by atoms with Crippen LogP contribution in [0.15, 0.2) is 12.4 Å². The van der Waals surface area contributed by atoms with Gasteiger partial charge in [0.15, 0.2) is 0 Å². The molecule has 1 heteroatoms. The molecule has 0 rings (SSSR count). The first-order valence-electron chi connectivity index (χ1n) is 1.60. The first-order chi connectivity index (χ1) is 2.91. The van der Waals surface area contributed by atoms with E-state index in [2.05, 4.69) is 5.92 Å². The van der Waals surface area contributed by atoms with Crippen LogP contribution in [0.25, 0.3) is 0 Å². The first-order valence-corrected chi connectivity index (χ1v) is 1.60. The van der Waals surface area contributed by atoms with Crippen LogP contribution in [0.3, 0.4) is 0 Å². The highest BCUT2D eigenvalue weighted by Gasteiger charge is 1.60. The number of allylic oxidation sites excluding steroid dienone is 1. The van der Waals surface area contributed by atoms with Crippen molar-refractivity contribution in [3.63, 3.8) is 0 Å². The van der Waals surface area contributed by atoms with E-state index < -0.39 is 0 Å². The molecule has 32 valence electrons. The van der Waals surface area contributed by atoms with Crippen molar-refractivity contribution in [2.75, 3.05) is 0 Å². The van der Waals surface area contributed by atoms with E-state index in [1.807, 2.05) is 0 Å². The largest absolute Gasteiger partial charge is 0.216 e. The Morgan fingerprint density at radius 3 is 2.67 bits per heavy atom. The van der Waals surface area contributed by atoms with Gasteiger partial charge in [0.05, 0.1) is 6.33 Å². The molecule has 0 saturated heterocycles. The molecule has 0 heterocycles. The third kappa shape index (κ3) is 3.23. The molecule has 0 bridgehead atoms. The lowest BCUT2D eigenvalue weighted by atomic mass is 10.4. The molecule has 0 aliphatic heterocycles. The van der Waals surface area contributed by atoms with Crippen LogP contribution in [-0.4, -0.2) is 0 Å². The fourth-order valence-corrected chi connectivity index (χ4v) is 0.113. The monoisotopic (exact) mass is 84.0 g/mol. The van der Waals surface area contributed by atoms with Gasteiger partial charge in [-0.05, 0) is 6.08 Å². The van der Waals surface area contributed by atoms with Crippen LogP contribution in [0.5, 0.6) is 0 Å². The van der Waals surface area contributed by atoms with E-state index in [1.165, 1.54) is 6.08 Å². The van der Waals surface area contributed by atoms with Crippen molar-refractivity contribution in [3.05, 3.63) is 12.4 Å². The summed E-state index contributed by atoms with van der Waals surface area (Å²) in [6.45, 7) is 0. The molecule has 0 fully saturated rings. The zero-order valence-electron chi connectivity index (χ0n) is 3.32. The summed E-state index contributed by atoms with van der Waals surface area (Å²) in [5.74, 6) is 2.24. The molecule has 6 heavy (non-hydrogen) atoms. The van der Waals surface area contributed by atoms with Crippen molar-refractivity contribution in [1.82, 2.24) is 0 Å². The normalized spacial score (nSPS) is 8.67. The predicted octanol–water partition coefficient (Wildman–Crippen LogP) is 1.49. The van der Waals surface area contributed by atoms with Crippen LogP contribution < -0.4 is 0 Å². The Morgan fingerprint density at radius 1 is 1.83 bits per heavy atom. The third-order valence-corrected chi connectivity index (χ3v) is 0.325. The van der Waals surface area contributed by atoms with Crippen molar-refractivity contribution in [2.45, 2.75) is 6.42 Å². The first kappa shape index (κ1) is 5.23. The fourth-order valence-electron chi connectivity index (χ4n) is 0.113. The van der Waals surface area contributed by atoms with E-state index in [4.69, 9.17) is 6.42 Å². The van der Waals surface area contributed by atoms with Gasteiger partial charge in [-0.2, -0.15) is 0 Å². The lowest BCUT2D eigenvalue weighted by molar-refractivity contribution is 0.717. The van der Waals surface area contributed by atoms with Crippen LogP contribution in [0.4, 0.5) is 4.39 Å². The average molecular weight is 84.1 g/mol. The number of terminal acetylenes is 1. The Labute approximate surface area is 36.7 Å². The molecule has 0 aromatic heterocycles. The smallest absolute Gasteiger partial charge is 0.0836 e. The van der Waals surface area contributed by atoms with Gasteiger partial charge in [0.25, 0.3) is 0 Å². The summed E-state index contributed by atoms with van der Waals surface area (Å²) in [6, 6.07) is 0. The molecule has 0 nitrogen and oxygen atoms in total. The van der Waals surface area contributed by atoms with E-state index in [-0.39, 0.29) is 0 Å². The molecule has 0 aliphatic carbocycles. The van der Waals surface area contributed by atoms with Gasteiger partial charge in [-0.15, -0.1) is 12.3 Å². The number of halogens is 1. The average Bonchev–Trinajstić information content (AvgIpc) is 1.61. The van der Waals surface area contributed by atoms with Gasteiger partial charge < -0.3 is 0 Å². The van der Waals surface area contributed by atoms with Crippen molar-refractivity contribution < 1.29 is 4.39 Å². The van der Waals surface area contributed by atoms with Crippen molar-refractivity contribution in [2.24, 2.45) is 0 Å². The second-order valence-electron chi connectivity index (χ2n) is 0.770. The third-order valence-electron chi connectivity index (χ3n) is 0.325. The standard InChI is InChI=1S/C5H5F/c1-2-3-4-5-6/h1,4-5H,3H2/b5-4+. The fraction of sp³-hybridized carbons (Fsp3) is 0.200. The molecule has 0 aromatic rings. The van der Waals surface area contributed by atoms with Crippen molar-refractivity contribution in [1.29, 1.82) is 0 Å². The van der Waals surface area contributed by atoms with Gasteiger partial charge in [-0.3, -0.25) is 0 Å². The Bertz CT molecular complexity index is 76.4. The Balaban J connectivity index is 2.92. The Hall–Kier alpha value is -0.770. The van der Waals surface area contributed by atoms with E-state index in [1.54, 1.807) is 0 Å². The highest BCUT2D eigenvalue weighted by Crippen LogP contribution is 1.76. The molecule has 0 aromatic carbocycles. The summed E-state index contributed by atoms with van der Waals surface area (Å²) in [6.07, 6.45) is 6.85. The van der Waals surface area contributed by atoms with E-state index in [9.17, 15) is 4.39 Å². The van der Waals surface area contributed by atoms with Crippen LogP contribution in [0.2, 0.25) is 0 Å². The molecule has 0 saturated carbocycles. The minimum absolute atomic E-state index is 0.385. The number of rotatable bonds is 1. The van der Waals surface area contributed by atoms with E-state index in [0.717, 1.165) is 0 Å². The highest BCUT2D eigenvalue weighted by molar-refractivity contribution is 4.93. The van der Waals surface area contributed by atoms with Crippen LogP contribution >= 0.6 is 0 Å². The van der Waals surface area contributed by atoms with Crippen molar-refractivity contribution >= 4 is 0 Å². The lowest BCUT2D eigenvalue weighted by Gasteiger charge is -1.64. The topological polar surface area (TPSA) is 0 Å². The predicted molar refractivity (Wildman–Crippen MR) is 23.7 cm³/mol. The summed E-state index contributed by atoms with van der Waals surface area (Å²) in [5.41, 5.74) is 0. The van der Waals surface area contributed by atoms with Crippen LogP contribution in [0.1, 0.15) is 6.42 Å². The van der Waals surface area contributed by atoms with Gasteiger partial charge in [0.2, 0.25) is 0 Å². The summed E-state index contributed by atoms with van der Waals surface area (Å²) < 4.78 is 10.9. The second-order valence-corrected chi connectivity index (χ2v) is 0.770. The number of hydrogen-bond donors (Lipinski definition) is 0. The molecular weight excluding hydrogens is 79.1 g/mol. The molecule has 0 radical (unpaired) electrons. The van der Waals surface area contributed by atoms with Crippen LogP contribution in [0, 0.1) is 12.3 Å². The summed E-state index contributed by atoms with van der Waals surface area (Å²) in [7, 11) is 0. The maximum atomic E-state index is 10.9. The number of hydrogen-bond acceptors (Lipinski definition) is 0. The molecule has 0 aliphatic rings. The molecule has 0 unspecified atom stereocenters. The zero-order valence-corrected chi connectivity index (χ0v) is 3.32. The van der Waals surface area contributed by atoms with Gasteiger partial charge >= 0.3 is 0 Å². The Kier molecular flexibility index (Phi) is 3.69.